The van der Waals surface area contributed by atoms with Gasteiger partial charge in [-0.2, -0.15) is 0 Å². The second-order valence-electron chi connectivity index (χ2n) is 6.37. The molecule has 0 aliphatic rings. The van der Waals surface area contributed by atoms with Gasteiger partial charge >= 0.3 is 0 Å². The summed E-state index contributed by atoms with van der Waals surface area (Å²) in [5, 5.41) is 6.45. The lowest BCUT2D eigenvalue weighted by atomic mass is 10.1. The highest BCUT2D eigenvalue weighted by molar-refractivity contribution is 7.91. The van der Waals surface area contributed by atoms with E-state index in [1.807, 2.05) is 38.1 Å². The molecule has 1 heterocycles. The van der Waals surface area contributed by atoms with Crippen LogP contribution in [0, 0.1) is 6.92 Å². The molecule has 0 radical (unpaired) electrons. The van der Waals surface area contributed by atoms with Crippen molar-refractivity contribution in [2.45, 2.75) is 31.1 Å². The van der Waals surface area contributed by atoms with E-state index in [2.05, 4.69) is 15.6 Å². The van der Waals surface area contributed by atoms with Crippen molar-refractivity contribution >= 4 is 27.3 Å². The van der Waals surface area contributed by atoms with Gasteiger partial charge in [0.25, 0.3) is 10.0 Å². The fraction of sp³-hybridized carbons (Fsp3) is 0.421. The molecule has 2 aromatic rings. The summed E-state index contributed by atoms with van der Waals surface area (Å²) < 4.78 is 31.4. The second kappa shape index (κ2) is 9.90. The van der Waals surface area contributed by atoms with Gasteiger partial charge in [0, 0.05) is 31.1 Å². The van der Waals surface area contributed by atoms with Crippen LogP contribution in [0.1, 0.15) is 22.9 Å². The van der Waals surface area contributed by atoms with Crippen molar-refractivity contribution in [1.82, 2.24) is 14.9 Å². The van der Waals surface area contributed by atoms with Gasteiger partial charge in [0.1, 0.15) is 9.96 Å². The van der Waals surface area contributed by atoms with Crippen LogP contribution in [0.4, 0.5) is 0 Å². The molecule has 0 saturated carbocycles. The molecule has 2 rings (SSSR count). The number of aryl methyl sites for hydroxylation is 1. The number of nitrogens with one attached hydrogen (secondary N) is 2. The predicted octanol–water partition coefficient (Wildman–Crippen LogP) is 2.57. The molecule has 0 saturated heterocycles. The second-order valence-corrected chi connectivity index (χ2v) is 9.92. The highest BCUT2D eigenvalue weighted by atomic mass is 32.2. The van der Waals surface area contributed by atoms with Gasteiger partial charge in [-0.25, -0.2) is 17.7 Å². The zero-order valence-corrected chi connectivity index (χ0v) is 18.6. The van der Waals surface area contributed by atoms with Gasteiger partial charge in [-0.15, -0.1) is 11.3 Å². The zero-order chi connectivity index (χ0) is 20.7. The van der Waals surface area contributed by atoms with Gasteiger partial charge in [0.05, 0.1) is 20.2 Å². The molecule has 0 atom stereocenters. The summed E-state index contributed by atoms with van der Waals surface area (Å²) in [5.74, 6) is 1.48. The Morgan fingerprint density at radius 3 is 2.61 bits per heavy atom. The van der Waals surface area contributed by atoms with Gasteiger partial charge in [-0.3, -0.25) is 0 Å². The zero-order valence-electron chi connectivity index (χ0n) is 16.9. The Morgan fingerprint density at radius 2 is 1.96 bits per heavy atom. The number of benzene rings is 1. The van der Waals surface area contributed by atoms with Crippen LogP contribution in [-0.4, -0.2) is 46.4 Å². The van der Waals surface area contributed by atoms with Crippen LogP contribution < -0.4 is 15.4 Å². The number of hydrogen-bond donors (Lipinski definition) is 2. The molecule has 0 unspecified atom stereocenters. The molecule has 1 aromatic carbocycles. The van der Waals surface area contributed by atoms with Crippen molar-refractivity contribution in [2.75, 3.05) is 27.7 Å². The van der Waals surface area contributed by atoms with Crippen LogP contribution in [0.3, 0.4) is 0 Å². The van der Waals surface area contributed by atoms with Crippen molar-refractivity contribution in [3.63, 3.8) is 0 Å². The third-order valence-corrected chi connectivity index (χ3v) is 7.36. The van der Waals surface area contributed by atoms with Crippen molar-refractivity contribution in [2.24, 2.45) is 4.99 Å². The molecule has 0 amide bonds. The van der Waals surface area contributed by atoms with E-state index in [4.69, 9.17) is 4.74 Å². The average Bonchev–Trinajstić information content (AvgIpc) is 3.14. The number of aliphatic imine (C=N–C) groups is 1. The first-order valence-electron chi connectivity index (χ1n) is 8.94. The van der Waals surface area contributed by atoms with Crippen LogP contribution >= 0.6 is 11.3 Å². The van der Waals surface area contributed by atoms with Gasteiger partial charge in [0.15, 0.2) is 5.96 Å². The summed E-state index contributed by atoms with van der Waals surface area (Å²) in [6.45, 7) is 5.71. The summed E-state index contributed by atoms with van der Waals surface area (Å²) in [5.41, 5.74) is 2.14. The minimum atomic E-state index is -3.40. The molecular weight excluding hydrogens is 396 g/mol. The highest BCUT2D eigenvalue weighted by Crippen LogP contribution is 2.24. The molecule has 0 aliphatic heterocycles. The minimum absolute atomic E-state index is 0.334. The number of guanidine groups is 1. The third-order valence-electron chi connectivity index (χ3n) is 4.00. The van der Waals surface area contributed by atoms with Gasteiger partial charge in [-0.1, -0.05) is 12.1 Å². The minimum Gasteiger partial charge on any atom is -0.496 e. The number of hydrogen-bond acceptors (Lipinski definition) is 5. The van der Waals surface area contributed by atoms with Crippen LogP contribution in [0.15, 0.2) is 39.5 Å². The molecular formula is C19H28N4O3S2. The standard InChI is InChI=1S/C19H28N4O3S2/c1-6-20-19(21-12-15-8-7-14(2)11-17(15)26-5)22-13-16-9-10-18(27-16)28(24,25)23(3)4/h7-11H,6,12-13H2,1-5H3,(H2,20,21,22). The Balaban J connectivity index is 2.07. The summed E-state index contributed by atoms with van der Waals surface area (Å²) in [4.78, 5) is 5.53. The van der Waals surface area contributed by atoms with Crippen LogP contribution in [0.5, 0.6) is 5.75 Å². The molecule has 2 N–H and O–H groups in total. The van der Waals surface area contributed by atoms with Crippen molar-refractivity contribution in [3.8, 4) is 5.75 Å². The number of methoxy groups -OCH3 is 1. The largest absolute Gasteiger partial charge is 0.496 e. The number of thiophene rings is 1. The van der Waals surface area contributed by atoms with Gasteiger partial charge in [-0.05, 0) is 37.6 Å². The smallest absolute Gasteiger partial charge is 0.252 e. The first kappa shape index (κ1) is 22.2. The van der Waals surface area contributed by atoms with E-state index >= 15 is 0 Å². The van der Waals surface area contributed by atoms with E-state index < -0.39 is 10.0 Å². The number of ether oxygens (including phenoxy) is 1. The molecule has 28 heavy (non-hydrogen) atoms. The summed E-state index contributed by atoms with van der Waals surface area (Å²) in [6, 6.07) is 9.49. The van der Waals surface area contributed by atoms with Crippen LogP contribution in [-0.2, 0) is 23.1 Å². The first-order valence-corrected chi connectivity index (χ1v) is 11.2. The molecule has 154 valence electrons. The van der Waals surface area contributed by atoms with Crippen molar-refractivity contribution < 1.29 is 13.2 Å². The number of sulfonamides is 1. The lowest BCUT2D eigenvalue weighted by Gasteiger charge is -2.12. The molecule has 0 bridgehead atoms. The summed E-state index contributed by atoms with van der Waals surface area (Å²) >= 11 is 1.26. The van der Waals surface area contributed by atoms with Crippen LogP contribution in [0.2, 0.25) is 0 Å². The van der Waals surface area contributed by atoms with Crippen molar-refractivity contribution in [1.29, 1.82) is 0 Å². The monoisotopic (exact) mass is 424 g/mol. The Morgan fingerprint density at radius 1 is 1.21 bits per heavy atom. The van der Waals surface area contributed by atoms with Gasteiger partial charge < -0.3 is 15.4 Å². The molecule has 7 nitrogen and oxygen atoms in total. The number of rotatable bonds is 8. The molecule has 0 spiro atoms. The predicted molar refractivity (Wildman–Crippen MR) is 115 cm³/mol. The number of nitrogens with zero attached hydrogens (tertiary/aromatic N) is 2. The molecule has 9 heteroatoms. The van der Waals surface area contributed by atoms with E-state index in [9.17, 15) is 8.42 Å². The van der Waals surface area contributed by atoms with E-state index in [0.29, 0.717) is 23.3 Å². The van der Waals surface area contributed by atoms with Gasteiger partial charge in [0.2, 0.25) is 0 Å². The fourth-order valence-electron chi connectivity index (χ4n) is 2.43. The maximum absolute atomic E-state index is 12.2. The van der Waals surface area contributed by atoms with E-state index in [1.165, 1.54) is 29.7 Å². The fourth-order valence-corrected chi connectivity index (χ4v) is 4.90. The topological polar surface area (TPSA) is 83.0 Å². The summed E-state index contributed by atoms with van der Waals surface area (Å²) in [7, 11) is 1.32. The Labute approximate surface area is 171 Å². The highest BCUT2D eigenvalue weighted by Gasteiger charge is 2.19. The molecule has 0 fully saturated rings. The van der Waals surface area contributed by atoms with E-state index in [-0.39, 0.29) is 0 Å². The lowest BCUT2D eigenvalue weighted by Crippen LogP contribution is -2.36. The Bertz CT molecular complexity index is 921. The quantitative estimate of drug-likeness (QED) is 0.503. The third kappa shape index (κ3) is 5.70. The lowest BCUT2D eigenvalue weighted by molar-refractivity contribution is 0.409. The Kier molecular flexibility index (Phi) is 7.85. The summed E-state index contributed by atoms with van der Waals surface area (Å²) in [6.07, 6.45) is 0. The first-order chi connectivity index (χ1) is 13.3. The normalized spacial score (nSPS) is 12.3. The van der Waals surface area contributed by atoms with E-state index in [1.54, 1.807) is 13.2 Å². The SMILES string of the molecule is CCNC(=NCc1ccc(C)cc1OC)NCc1ccc(S(=O)(=O)N(C)C)s1. The maximum Gasteiger partial charge on any atom is 0.252 e. The van der Waals surface area contributed by atoms with E-state index in [0.717, 1.165) is 28.3 Å². The Hall–Kier alpha value is -2.10. The molecule has 1 aromatic heterocycles. The van der Waals surface area contributed by atoms with Crippen molar-refractivity contribution in [3.05, 3.63) is 46.3 Å². The average molecular weight is 425 g/mol. The van der Waals surface area contributed by atoms with Crippen LogP contribution in [0.25, 0.3) is 0 Å². The maximum atomic E-state index is 12.2. The molecule has 0 aliphatic carbocycles.